The van der Waals surface area contributed by atoms with Crippen LogP contribution in [0, 0.1) is 0 Å². The lowest BCUT2D eigenvalue weighted by Gasteiger charge is -2.26. The fourth-order valence-corrected chi connectivity index (χ4v) is 3.08. The van der Waals surface area contributed by atoms with Crippen LogP contribution in [0.5, 0.6) is 0 Å². The molecule has 0 bridgehead atoms. The highest BCUT2D eigenvalue weighted by molar-refractivity contribution is 6.11. The molecule has 0 N–H and O–H groups in total. The maximum Gasteiger partial charge on any atom is 0.326 e. The lowest BCUT2D eigenvalue weighted by Crippen LogP contribution is -2.45. The van der Waals surface area contributed by atoms with Gasteiger partial charge >= 0.3 is 5.97 Å². The van der Waals surface area contributed by atoms with Crippen molar-refractivity contribution in [3.05, 3.63) is 71.6 Å². The van der Waals surface area contributed by atoms with Gasteiger partial charge in [0.25, 0.3) is 11.8 Å². The van der Waals surface area contributed by atoms with Crippen molar-refractivity contribution in [2.75, 3.05) is 6.54 Å². The second-order valence-corrected chi connectivity index (χ2v) is 6.57. The third-order valence-corrected chi connectivity index (χ3v) is 4.55. The number of fused-ring (bicyclic) bond motifs is 1. The molecule has 0 saturated carbocycles. The molecule has 1 aromatic heterocycles. The number of aromatic nitrogens is 2. The first-order chi connectivity index (χ1) is 14.0. The van der Waals surface area contributed by atoms with E-state index in [4.69, 9.17) is 9.26 Å². The summed E-state index contributed by atoms with van der Waals surface area (Å²) in [5, 5.41) is 3.88. The van der Waals surface area contributed by atoms with Crippen molar-refractivity contribution in [1.29, 1.82) is 0 Å². The summed E-state index contributed by atoms with van der Waals surface area (Å²) < 4.78 is 10.5. The molecule has 1 atom stereocenters. The summed E-state index contributed by atoms with van der Waals surface area (Å²) in [6, 6.07) is 16.1. The molecular weight excluding hydrogens is 374 g/mol. The zero-order valence-corrected chi connectivity index (χ0v) is 15.6. The van der Waals surface area contributed by atoms with E-state index >= 15 is 0 Å². The first-order valence-electron chi connectivity index (χ1n) is 9.04. The molecule has 8 nitrogen and oxygen atoms in total. The summed E-state index contributed by atoms with van der Waals surface area (Å²) in [7, 11) is 0. The zero-order chi connectivity index (χ0) is 20.4. The topological polar surface area (TPSA) is 103 Å². The van der Waals surface area contributed by atoms with Gasteiger partial charge in [-0.2, -0.15) is 4.98 Å². The third kappa shape index (κ3) is 3.77. The molecule has 3 aromatic rings. The Morgan fingerprint density at radius 3 is 2.66 bits per heavy atom. The Balaban J connectivity index is 1.42. The number of hydrogen-bond acceptors (Lipinski definition) is 7. The van der Waals surface area contributed by atoms with Gasteiger partial charge in [0.2, 0.25) is 11.7 Å². The summed E-state index contributed by atoms with van der Waals surface area (Å²) in [5.74, 6) is -1.19. The van der Waals surface area contributed by atoms with Gasteiger partial charge in [0, 0.05) is 11.1 Å². The average molecular weight is 391 g/mol. The predicted molar refractivity (Wildman–Crippen MR) is 100 cm³/mol. The van der Waals surface area contributed by atoms with Crippen LogP contribution in [0.3, 0.4) is 0 Å². The summed E-state index contributed by atoms with van der Waals surface area (Å²) in [4.78, 5) is 42.3. The van der Waals surface area contributed by atoms with E-state index in [1.807, 2.05) is 30.3 Å². The molecule has 0 spiro atoms. The van der Waals surface area contributed by atoms with Gasteiger partial charge in [-0.1, -0.05) is 53.7 Å². The molecule has 29 heavy (non-hydrogen) atoms. The van der Waals surface area contributed by atoms with E-state index in [9.17, 15) is 14.4 Å². The smallest absolute Gasteiger partial charge is 0.326 e. The Morgan fingerprint density at radius 2 is 1.86 bits per heavy atom. The van der Waals surface area contributed by atoms with Crippen LogP contribution in [0.2, 0.25) is 0 Å². The van der Waals surface area contributed by atoms with Crippen LogP contribution in [0.25, 0.3) is 11.4 Å². The standard InChI is InChI=1S/C21H17N3O5/c1-13(20-22-19(23-29-20)14-7-3-2-4-8-14)28-18(26)12-24-17(25)11-15-9-5-6-10-16(15)21(24)27/h2-10,13H,11-12H2,1H3/t13-/m0/s1. The number of hydrogen-bond donors (Lipinski definition) is 0. The fourth-order valence-electron chi connectivity index (χ4n) is 3.08. The summed E-state index contributed by atoms with van der Waals surface area (Å²) in [6.45, 7) is 1.10. The van der Waals surface area contributed by atoms with Crippen LogP contribution in [0.1, 0.15) is 34.8 Å². The molecule has 1 aliphatic rings. The lowest BCUT2D eigenvalue weighted by molar-refractivity contribution is -0.153. The molecule has 4 rings (SSSR count). The highest BCUT2D eigenvalue weighted by Crippen LogP contribution is 2.22. The maximum absolute atomic E-state index is 12.5. The van der Waals surface area contributed by atoms with Crippen molar-refractivity contribution in [3.8, 4) is 11.4 Å². The number of imide groups is 1. The molecule has 2 amide bonds. The Bertz CT molecular complexity index is 1080. The molecule has 0 saturated heterocycles. The molecule has 8 heteroatoms. The zero-order valence-electron chi connectivity index (χ0n) is 15.6. The Kier molecular flexibility index (Phi) is 4.90. The van der Waals surface area contributed by atoms with Crippen LogP contribution in [-0.2, 0) is 20.7 Å². The molecule has 0 fully saturated rings. The van der Waals surface area contributed by atoms with Gasteiger partial charge in [0.1, 0.15) is 6.54 Å². The minimum atomic E-state index is -0.824. The van der Waals surface area contributed by atoms with Crippen molar-refractivity contribution in [3.63, 3.8) is 0 Å². The molecule has 1 aliphatic heterocycles. The predicted octanol–water partition coefficient (Wildman–Crippen LogP) is 2.57. The van der Waals surface area contributed by atoms with Gasteiger partial charge in [-0.05, 0) is 18.6 Å². The minimum Gasteiger partial charge on any atom is -0.451 e. The van der Waals surface area contributed by atoms with E-state index in [0.717, 1.165) is 10.5 Å². The molecule has 146 valence electrons. The number of rotatable bonds is 5. The van der Waals surface area contributed by atoms with Crippen molar-refractivity contribution < 1.29 is 23.6 Å². The molecule has 2 heterocycles. The number of carbonyl (C=O) groups excluding carboxylic acids is 3. The lowest BCUT2D eigenvalue weighted by atomic mass is 9.98. The van der Waals surface area contributed by atoms with Gasteiger partial charge in [-0.25, -0.2) is 0 Å². The second-order valence-electron chi connectivity index (χ2n) is 6.57. The van der Waals surface area contributed by atoms with Gasteiger partial charge < -0.3 is 9.26 Å². The monoisotopic (exact) mass is 391 g/mol. The number of ether oxygens (including phenoxy) is 1. The van der Waals surface area contributed by atoms with Crippen LogP contribution in [0.4, 0.5) is 0 Å². The van der Waals surface area contributed by atoms with E-state index in [1.165, 1.54) is 0 Å². The van der Waals surface area contributed by atoms with E-state index < -0.39 is 30.4 Å². The number of amides is 2. The van der Waals surface area contributed by atoms with Gasteiger partial charge in [0.05, 0.1) is 6.42 Å². The summed E-state index contributed by atoms with van der Waals surface area (Å²) >= 11 is 0. The van der Waals surface area contributed by atoms with Crippen LogP contribution in [-0.4, -0.2) is 39.4 Å². The third-order valence-electron chi connectivity index (χ3n) is 4.55. The van der Waals surface area contributed by atoms with Crippen molar-refractivity contribution in [2.45, 2.75) is 19.4 Å². The Hall–Kier alpha value is -3.81. The quantitative estimate of drug-likeness (QED) is 0.486. The minimum absolute atomic E-state index is 0.0643. The van der Waals surface area contributed by atoms with E-state index in [0.29, 0.717) is 17.0 Å². The normalized spacial score (nSPS) is 14.4. The first-order valence-corrected chi connectivity index (χ1v) is 9.04. The Labute approximate surface area is 166 Å². The molecular formula is C21H17N3O5. The van der Waals surface area contributed by atoms with Crippen LogP contribution >= 0.6 is 0 Å². The average Bonchev–Trinajstić information content (AvgIpc) is 3.22. The van der Waals surface area contributed by atoms with Crippen molar-refractivity contribution >= 4 is 17.8 Å². The molecule has 2 aromatic carbocycles. The van der Waals surface area contributed by atoms with E-state index in [1.54, 1.807) is 31.2 Å². The van der Waals surface area contributed by atoms with Gasteiger partial charge in [-0.15, -0.1) is 0 Å². The molecule has 0 radical (unpaired) electrons. The summed E-state index contributed by atoms with van der Waals surface area (Å²) in [6.07, 6.45) is -0.760. The largest absolute Gasteiger partial charge is 0.451 e. The van der Waals surface area contributed by atoms with E-state index in [-0.39, 0.29) is 12.3 Å². The fraction of sp³-hybridized carbons (Fsp3) is 0.190. The van der Waals surface area contributed by atoms with Crippen LogP contribution < -0.4 is 0 Å². The molecule has 0 unspecified atom stereocenters. The van der Waals surface area contributed by atoms with Gasteiger partial charge in [-0.3, -0.25) is 19.3 Å². The van der Waals surface area contributed by atoms with E-state index in [2.05, 4.69) is 10.1 Å². The Morgan fingerprint density at radius 1 is 1.14 bits per heavy atom. The summed E-state index contributed by atoms with van der Waals surface area (Å²) in [5.41, 5.74) is 1.83. The maximum atomic E-state index is 12.5. The van der Waals surface area contributed by atoms with Crippen LogP contribution in [0.15, 0.2) is 59.1 Å². The highest BCUT2D eigenvalue weighted by atomic mass is 16.6. The van der Waals surface area contributed by atoms with Gasteiger partial charge in [0.15, 0.2) is 6.10 Å². The number of esters is 1. The second kappa shape index (κ2) is 7.67. The first kappa shape index (κ1) is 18.5. The van der Waals surface area contributed by atoms with Crippen molar-refractivity contribution in [1.82, 2.24) is 15.0 Å². The number of benzene rings is 2. The highest BCUT2D eigenvalue weighted by Gasteiger charge is 2.33. The number of nitrogens with zero attached hydrogens (tertiary/aromatic N) is 3. The SMILES string of the molecule is C[C@H](OC(=O)CN1C(=O)Cc2ccccc2C1=O)c1nc(-c2ccccc2)no1. The number of carbonyl (C=O) groups is 3. The van der Waals surface area contributed by atoms with Crippen molar-refractivity contribution in [2.24, 2.45) is 0 Å². The molecule has 0 aliphatic carbocycles.